The highest BCUT2D eigenvalue weighted by atomic mass is 16.3. The van der Waals surface area contributed by atoms with Crippen LogP contribution in [0.25, 0.3) is 0 Å². The minimum atomic E-state index is -0.0178. The van der Waals surface area contributed by atoms with Crippen molar-refractivity contribution in [2.45, 2.75) is 44.7 Å². The molecule has 1 aliphatic heterocycles. The number of furan rings is 1. The molecular formula is C18H26N4O2. The van der Waals surface area contributed by atoms with Gasteiger partial charge in [0.1, 0.15) is 5.76 Å². The van der Waals surface area contributed by atoms with Crippen molar-refractivity contribution in [3.8, 4) is 0 Å². The summed E-state index contributed by atoms with van der Waals surface area (Å²) in [6, 6.07) is 4.92. The van der Waals surface area contributed by atoms with Crippen LogP contribution < -0.4 is 15.8 Å². The van der Waals surface area contributed by atoms with Gasteiger partial charge in [0.25, 0.3) is 5.56 Å². The Morgan fingerprint density at radius 3 is 2.92 bits per heavy atom. The van der Waals surface area contributed by atoms with E-state index in [1.165, 1.54) is 0 Å². The van der Waals surface area contributed by atoms with E-state index in [0.717, 1.165) is 44.5 Å². The normalized spacial score (nSPS) is 17.2. The van der Waals surface area contributed by atoms with Crippen LogP contribution in [-0.2, 0) is 13.5 Å². The van der Waals surface area contributed by atoms with Crippen LogP contribution in [0.2, 0.25) is 0 Å². The molecule has 1 saturated heterocycles. The zero-order valence-electron chi connectivity index (χ0n) is 14.4. The fourth-order valence-corrected chi connectivity index (χ4v) is 3.26. The van der Waals surface area contributed by atoms with Gasteiger partial charge in [-0.05, 0) is 38.3 Å². The van der Waals surface area contributed by atoms with Gasteiger partial charge >= 0.3 is 0 Å². The Labute approximate surface area is 142 Å². The minimum absolute atomic E-state index is 0.0178. The van der Waals surface area contributed by atoms with E-state index in [1.807, 2.05) is 12.1 Å². The molecule has 0 bridgehead atoms. The van der Waals surface area contributed by atoms with Crippen molar-refractivity contribution in [1.82, 2.24) is 14.9 Å². The highest BCUT2D eigenvalue weighted by molar-refractivity contribution is 5.36. The summed E-state index contributed by atoms with van der Waals surface area (Å²) in [5.41, 5.74) is -0.0178. The van der Waals surface area contributed by atoms with Crippen LogP contribution in [0.1, 0.15) is 31.9 Å². The van der Waals surface area contributed by atoms with E-state index in [0.29, 0.717) is 17.9 Å². The lowest BCUT2D eigenvalue weighted by Gasteiger charge is -2.34. The second-order valence-electron chi connectivity index (χ2n) is 6.61. The molecule has 1 fully saturated rings. The van der Waals surface area contributed by atoms with Gasteiger partial charge in [-0.3, -0.25) is 4.79 Å². The van der Waals surface area contributed by atoms with Crippen molar-refractivity contribution in [2.24, 2.45) is 7.05 Å². The highest BCUT2D eigenvalue weighted by Crippen LogP contribution is 2.16. The minimum Gasteiger partial charge on any atom is -0.469 e. The molecule has 0 aromatic carbocycles. The standard InChI is InChI=1S/C18H26N4O2/c1-14(5-6-16-4-3-13-24-16)20-15-7-10-22(11-8-15)17-18(23)21(2)12-9-19-17/h3-4,9,12-15,20H,5-8,10-11H2,1-2H3/t14-/m0/s1. The number of aryl methyl sites for hydroxylation is 2. The number of rotatable bonds is 6. The van der Waals surface area contributed by atoms with E-state index in [2.05, 4.69) is 22.1 Å². The summed E-state index contributed by atoms with van der Waals surface area (Å²) in [6.07, 6.45) is 9.21. The summed E-state index contributed by atoms with van der Waals surface area (Å²) in [5.74, 6) is 1.62. The molecule has 6 nitrogen and oxygen atoms in total. The fourth-order valence-electron chi connectivity index (χ4n) is 3.26. The van der Waals surface area contributed by atoms with Crippen LogP contribution in [0.4, 0.5) is 5.82 Å². The fraction of sp³-hybridized carbons (Fsp3) is 0.556. The van der Waals surface area contributed by atoms with Crippen molar-refractivity contribution in [2.75, 3.05) is 18.0 Å². The molecule has 0 amide bonds. The molecule has 0 radical (unpaired) electrons. The number of anilines is 1. The Hall–Kier alpha value is -2.08. The Morgan fingerprint density at radius 2 is 2.21 bits per heavy atom. The van der Waals surface area contributed by atoms with Gasteiger partial charge in [-0.1, -0.05) is 0 Å². The molecule has 130 valence electrons. The SMILES string of the molecule is C[C@@H](CCc1ccco1)NC1CCN(c2nccn(C)c2=O)CC1. The van der Waals surface area contributed by atoms with Crippen LogP contribution in [0.3, 0.4) is 0 Å². The summed E-state index contributed by atoms with van der Waals surface area (Å²) >= 11 is 0. The Bertz CT molecular complexity index is 687. The number of hydrogen-bond donors (Lipinski definition) is 1. The second kappa shape index (κ2) is 7.66. The molecule has 24 heavy (non-hydrogen) atoms. The third-order valence-electron chi connectivity index (χ3n) is 4.72. The van der Waals surface area contributed by atoms with E-state index < -0.39 is 0 Å². The largest absolute Gasteiger partial charge is 0.469 e. The van der Waals surface area contributed by atoms with E-state index in [9.17, 15) is 4.79 Å². The zero-order valence-corrected chi connectivity index (χ0v) is 14.4. The summed E-state index contributed by atoms with van der Waals surface area (Å²) in [7, 11) is 1.77. The van der Waals surface area contributed by atoms with Crippen LogP contribution in [0.15, 0.2) is 40.0 Å². The number of aromatic nitrogens is 2. The lowest BCUT2D eigenvalue weighted by molar-refractivity contribution is 0.360. The van der Waals surface area contributed by atoms with E-state index in [1.54, 1.807) is 30.3 Å². The number of piperidine rings is 1. The Balaban J connectivity index is 1.46. The van der Waals surface area contributed by atoms with Crippen molar-refractivity contribution in [1.29, 1.82) is 0 Å². The first-order valence-corrected chi connectivity index (χ1v) is 8.68. The van der Waals surface area contributed by atoms with Crippen molar-refractivity contribution in [3.05, 3.63) is 46.9 Å². The van der Waals surface area contributed by atoms with Gasteiger partial charge < -0.3 is 19.2 Å². The lowest BCUT2D eigenvalue weighted by Crippen LogP contribution is -2.47. The van der Waals surface area contributed by atoms with E-state index in [4.69, 9.17) is 4.42 Å². The molecule has 2 aromatic heterocycles. The smallest absolute Gasteiger partial charge is 0.293 e. The molecule has 3 rings (SSSR count). The van der Waals surface area contributed by atoms with Crippen LogP contribution in [-0.4, -0.2) is 34.7 Å². The third-order valence-corrected chi connectivity index (χ3v) is 4.72. The van der Waals surface area contributed by atoms with Gasteiger partial charge in [-0.25, -0.2) is 4.98 Å². The highest BCUT2D eigenvalue weighted by Gasteiger charge is 2.23. The first-order valence-electron chi connectivity index (χ1n) is 8.68. The Kier molecular flexibility index (Phi) is 5.35. The second-order valence-corrected chi connectivity index (χ2v) is 6.61. The number of nitrogens with zero attached hydrogens (tertiary/aromatic N) is 3. The topological polar surface area (TPSA) is 63.3 Å². The van der Waals surface area contributed by atoms with E-state index in [-0.39, 0.29) is 5.56 Å². The van der Waals surface area contributed by atoms with Gasteiger partial charge in [0.2, 0.25) is 0 Å². The number of hydrogen-bond acceptors (Lipinski definition) is 5. The number of nitrogens with one attached hydrogen (secondary N) is 1. The van der Waals surface area contributed by atoms with Crippen LogP contribution in [0.5, 0.6) is 0 Å². The van der Waals surface area contributed by atoms with Crippen LogP contribution in [0, 0.1) is 0 Å². The first kappa shape index (κ1) is 16.8. The summed E-state index contributed by atoms with van der Waals surface area (Å²) < 4.78 is 6.97. The molecule has 6 heteroatoms. The molecule has 1 N–H and O–H groups in total. The third kappa shape index (κ3) is 4.06. The van der Waals surface area contributed by atoms with Gasteiger partial charge in [0.05, 0.1) is 6.26 Å². The van der Waals surface area contributed by atoms with E-state index >= 15 is 0 Å². The van der Waals surface area contributed by atoms with Gasteiger partial charge in [-0.15, -0.1) is 0 Å². The summed E-state index contributed by atoms with van der Waals surface area (Å²) in [5, 5.41) is 3.71. The molecule has 0 unspecified atom stereocenters. The maximum absolute atomic E-state index is 12.2. The molecule has 0 spiro atoms. The Morgan fingerprint density at radius 1 is 1.42 bits per heavy atom. The lowest BCUT2D eigenvalue weighted by atomic mass is 10.0. The average Bonchev–Trinajstić information content (AvgIpc) is 3.10. The predicted octanol–water partition coefficient (Wildman–Crippen LogP) is 1.95. The molecule has 0 saturated carbocycles. The molecule has 1 atom stereocenters. The van der Waals surface area contributed by atoms with Crippen molar-refractivity contribution >= 4 is 5.82 Å². The predicted molar refractivity (Wildman–Crippen MR) is 94.3 cm³/mol. The van der Waals surface area contributed by atoms with Crippen molar-refractivity contribution in [3.63, 3.8) is 0 Å². The summed E-state index contributed by atoms with van der Waals surface area (Å²) in [6.45, 7) is 3.97. The van der Waals surface area contributed by atoms with Crippen LogP contribution >= 0.6 is 0 Å². The molecule has 0 aliphatic carbocycles. The molecule has 1 aliphatic rings. The maximum atomic E-state index is 12.2. The molecular weight excluding hydrogens is 304 g/mol. The average molecular weight is 330 g/mol. The zero-order chi connectivity index (χ0) is 16.9. The van der Waals surface area contributed by atoms with Crippen molar-refractivity contribution < 1.29 is 4.42 Å². The molecule has 2 aromatic rings. The molecule has 3 heterocycles. The first-order chi connectivity index (χ1) is 11.6. The quantitative estimate of drug-likeness (QED) is 0.877. The monoisotopic (exact) mass is 330 g/mol. The maximum Gasteiger partial charge on any atom is 0.293 e. The van der Waals surface area contributed by atoms with Gasteiger partial charge in [-0.2, -0.15) is 0 Å². The van der Waals surface area contributed by atoms with Gasteiger partial charge in [0, 0.05) is 51.0 Å². The summed E-state index contributed by atoms with van der Waals surface area (Å²) in [4.78, 5) is 18.5. The van der Waals surface area contributed by atoms with Gasteiger partial charge in [0.15, 0.2) is 5.82 Å².